The normalized spacial score (nSPS) is 10.6. The standard InChI is InChI=1S/C14H16O4/c1-10-11(6-8-13(15)16)4-3-5-12(10)7-9-14(17)18-2/h3-6,8H,7,9H2,1-2H3,(H,15,16)/b8-6+. The van der Waals surface area contributed by atoms with Crippen LogP contribution in [-0.2, 0) is 20.7 Å². The van der Waals surface area contributed by atoms with E-state index < -0.39 is 5.97 Å². The van der Waals surface area contributed by atoms with Crippen molar-refractivity contribution in [1.82, 2.24) is 0 Å². The fraction of sp³-hybridized carbons (Fsp3) is 0.286. The molecule has 0 unspecified atom stereocenters. The van der Waals surface area contributed by atoms with Crippen LogP contribution in [0.2, 0.25) is 0 Å². The van der Waals surface area contributed by atoms with Gasteiger partial charge < -0.3 is 9.84 Å². The molecule has 0 heterocycles. The molecule has 4 nitrogen and oxygen atoms in total. The predicted molar refractivity (Wildman–Crippen MR) is 68.2 cm³/mol. The molecular formula is C14H16O4. The summed E-state index contributed by atoms with van der Waals surface area (Å²) in [6.45, 7) is 1.91. The molecule has 0 saturated carbocycles. The van der Waals surface area contributed by atoms with E-state index in [9.17, 15) is 9.59 Å². The number of carbonyl (C=O) groups excluding carboxylic acids is 1. The lowest BCUT2D eigenvalue weighted by atomic mass is 9.98. The topological polar surface area (TPSA) is 63.6 Å². The van der Waals surface area contributed by atoms with E-state index in [0.717, 1.165) is 22.8 Å². The molecule has 1 N–H and O–H groups in total. The van der Waals surface area contributed by atoms with Gasteiger partial charge in [-0.1, -0.05) is 18.2 Å². The number of carboxylic acid groups (broad SMARTS) is 1. The second-order valence-corrected chi connectivity index (χ2v) is 3.88. The summed E-state index contributed by atoms with van der Waals surface area (Å²) >= 11 is 0. The average Bonchev–Trinajstić information content (AvgIpc) is 2.35. The molecule has 0 fully saturated rings. The first-order valence-electron chi connectivity index (χ1n) is 5.61. The summed E-state index contributed by atoms with van der Waals surface area (Å²) in [6, 6.07) is 5.62. The Balaban J connectivity index is 2.84. The highest BCUT2D eigenvalue weighted by Gasteiger charge is 2.05. The Labute approximate surface area is 106 Å². The highest BCUT2D eigenvalue weighted by molar-refractivity contribution is 5.85. The van der Waals surface area contributed by atoms with Crippen molar-refractivity contribution in [2.75, 3.05) is 7.11 Å². The SMILES string of the molecule is COC(=O)CCc1cccc(/C=C/C(=O)O)c1C. The fourth-order valence-electron chi connectivity index (χ4n) is 1.65. The summed E-state index contributed by atoms with van der Waals surface area (Å²) in [5.74, 6) is -1.23. The molecule has 0 aliphatic carbocycles. The maximum Gasteiger partial charge on any atom is 0.328 e. The zero-order valence-corrected chi connectivity index (χ0v) is 10.5. The van der Waals surface area contributed by atoms with Crippen molar-refractivity contribution < 1.29 is 19.4 Å². The molecule has 0 saturated heterocycles. The molecule has 1 rings (SSSR count). The van der Waals surface area contributed by atoms with Crippen molar-refractivity contribution >= 4 is 18.0 Å². The minimum absolute atomic E-state index is 0.249. The molecule has 0 aliphatic heterocycles. The zero-order valence-electron chi connectivity index (χ0n) is 10.5. The molecule has 4 heteroatoms. The van der Waals surface area contributed by atoms with Gasteiger partial charge in [-0.25, -0.2) is 4.79 Å². The number of aryl methyl sites for hydroxylation is 1. The Kier molecular flexibility index (Phi) is 5.11. The van der Waals surface area contributed by atoms with Gasteiger partial charge in [0.05, 0.1) is 7.11 Å². The van der Waals surface area contributed by atoms with Crippen LogP contribution in [0.15, 0.2) is 24.3 Å². The van der Waals surface area contributed by atoms with Crippen LogP contribution in [-0.4, -0.2) is 24.2 Å². The number of ether oxygens (including phenoxy) is 1. The molecule has 0 aliphatic rings. The van der Waals surface area contributed by atoms with Gasteiger partial charge in [0.15, 0.2) is 0 Å². The van der Waals surface area contributed by atoms with Crippen molar-refractivity contribution in [3.05, 3.63) is 41.0 Å². The molecule has 0 bridgehead atoms. The van der Waals surface area contributed by atoms with E-state index >= 15 is 0 Å². The average molecular weight is 248 g/mol. The summed E-state index contributed by atoms with van der Waals surface area (Å²) in [6.07, 6.45) is 3.57. The van der Waals surface area contributed by atoms with Crippen molar-refractivity contribution in [1.29, 1.82) is 0 Å². The lowest BCUT2D eigenvalue weighted by Crippen LogP contribution is -2.03. The smallest absolute Gasteiger partial charge is 0.328 e. The van der Waals surface area contributed by atoms with Crippen molar-refractivity contribution in [2.45, 2.75) is 19.8 Å². The highest BCUT2D eigenvalue weighted by Crippen LogP contribution is 2.17. The summed E-state index contributed by atoms with van der Waals surface area (Å²) in [5.41, 5.74) is 2.85. The number of hydrogen-bond acceptors (Lipinski definition) is 3. The van der Waals surface area contributed by atoms with Gasteiger partial charge in [-0.15, -0.1) is 0 Å². The number of rotatable bonds is 5. The second-order valence-electron chi connectivity index (χ2n) is 3.88. The highest BCUT2D eigenvalue weighted by atomic mass is 16.5. The minimum Gasteiger partial charge on any atom is -0.478 e. The lowest BCUT2D eigenvalue weighted by Gasteiger charge is -2.08. The Hall–Kier alpha value is -2.10. The third-order valence-electron chi connectivity index (χ3n) is 2.72. The predicted octanol–water partition coefficient (Wildman–Crippen LogP) is 2.20. The van der Waals surface area contributed by atoms with E-state index in [0.29, 0.717) is 12.8 Å². The van der Waals surface area contributed by atoms with E-state index in [1.165, 1.54) is 7.11 Å². The van der Waals surface area contributed by atoms with Crippen LogP contribution in [0.5, 0.6) is 0 Å². The van der Waals surface area contributed by atoms with Crippen LogP contribution >= 0.6 is 0 Å². The first-order valence-corrected chi connectivity index (χ1v) is 5.61. The van der Waals surface area contributed by atoms with Crippen molar-refractivity contribution in [3.8, 4) is 0 Å². The fourth-order valence-corrected chi connectivity index (χ4v) is 1.65. The first-order chi connectivity index (χ1) is 8.54. The van der Waals surface area contributed by atoms with Crippen molar-refractivity contribution in [3.63, 3.8) is 0 Å². The lowest BCUT2D eigenvalue weighted by molar-refractivity contribution is -0.140. The summed E-state index contributed by atoms with van der Waals surface area (Å²) in [4.78, 5) is 21.6. The Morgan fingerprint density at radius 3 is 2.72 bits per heavy atom. The number of esters is 1. The van der Waals surface area contributed by atoms with E-state index in [1.54, 1.807) is 6.08 Å². The van der Waals surface area contributed by atoms with Gasteiger partial charge in [-0.3, -0.25) is 4.79 Å². The largest absolute Gasteiger partial charge is 0.478 e. The molecule has 0 amide bonds. The van der Waals surface area contributed by atoms with E-state index in [4.69, 9.17) is 5.11 Å². The summed E-state index contributed by atoms with van der Waals surface area (Å²) < 4.78 is 4.59. The minimum atomic E-state index is -0.977. The van der Waals surface area contributed by atoms with Crippen LogP contribution in [0.3, 0.4) is 0 Å². The monoisotopic (exact) mass is 248 g/mol. The number of carbonyl (C=O) groups is 2. The summed E-state index contributed by atoms with van der Waals surface area (Å²) in [5, 5.41) is 8.60. The third-order valence-corrected chi connectivity index (χ3v) is 2.72. The van der Waals surface area contributed by atoms with Gasteiger partial charge in [-0.05, 0) is 36.1 Å². The third kappa shape index (κ3) is 4.05. The van der Waals surface area contributed by atoms with E-state index in [2.05, 4.69) is 4.74 Å². The van der Waals surface area contributed by atoms with Crippen LogP contribution in [0.25, 0.3) is 6.08 Å². The van der Waals surface area contributed by atoms with Gasteiger partial charge in [-0.2, -0.15) is 0 Å². The van der Waals surface area contributed by atoms with Gasteiger partial charge in [0, 0.05) is 12.5 Å². The number of carboxylic acids is 1. The van der Waals surface area contributed by atoms with Crippen molar-refractivity contribution in [2.24, 2.45) is 0 Å². The summed E-state index contributed by atoms with van der Waals surface area (Å²) in [7, 11) is 1.36. The molecule has 96 valence electrons. The second kappa shape index (κ2) is 6.59. The van der Waals surface area contributed by atoms with E-state index in [1.807, 2.05) is 25.1 Å². The van der Waals surface area contributed by atoms with Crippen LogP contribution in [0.1, 0.15) is 23.1 Å². The molecule has 1 aromatic rings. The quantitative estimate of drug-likeness (QED) is 0.641. The van der Waals surface area contributed by atoms with Gasteiger partial charge in [0.1, 0.15) is 0 Å². The molecule has 0 spiro atoms. The van der Waals surface area contributed by atoms with Gasteiger partial charge in [0.2, 0.25) is 0 Å². The Morgan fingerprint density at radius 2 is 2.11 bits per heavy atom. The molecular weight excluding hydrogens is 232 g/mol. The van der Waals surface area contributed by atoms with Crippen LogP contribution in [0, 0.1) is 6.92 Å². The van der Waals surface area contributed by atoms with Gasteiger partial charge >= 0.3 is 11.9 Å². The maximum atomic E-state index is 11.1. The Bertz CT molecular complexity index is 475. The van der Waals surface area contributed by atoms with Crippen LogP contribution in [0.4, 0.5) is 0 Å². The van der Waals surface area contributed by atoms with Crippen LogP contribution < -0.4 is 0 Å². The molecule has 18 heavy (non-hydrogen) atoms. The first kappa shape index (κ1) is 14.0. The van der Waals surface area contributed by atoms with Gasteiger partial charge in [0.25, 0.3) is 0 Å². The Morgan fingerprint density at radius 1 is 1.39 bits per heavy atom. The maximum absolute atomic E-state index is 11.1. The molecule has 1 aromatic carbocycles. The molecule has 0 radical (unpaired) electrons. The number of hydrogen-bond donors (Lipinski definition) is 1. The zero-order chi connectivity index (χ0) is 13.5. The molecule has 0 atom stereocenters. The van der Waals surface area contributed by atoms with E-state index in [-0.39, 0.29) is 5.97 Å². The molecule has 0 aromatic heterocycles. The number of benzene rings is 1. The number of methoxy groups -OCH3 is 1. The number of aliphatic carboxylic acids is 1.